The fraction of sp³-hybridized carbons (Fsp3) is 0.875. The summed E-state index contributed by atoms with van der Waals surface area (Å²) in [6.45, 7) is 3.23. The van der Waals surface area contributed by atoms with E-state index in [0.717, 1.165) is 25.7 Å². The lowest BCUT2D eigenvalue weighted by Gasteiger charge is -2.33. The molecule has 6 heteroatoms. The predicted octanol–water partition coefficient (Wildman–Crippen LogP) is 1.83. The van der Waals surface area contributed by atoms with Gasteiger partial charge in [0, 0.05) is 37.5 Å². The van der Waals surface area contributed by atoms with E-state index in [4.69, 9.17) is 5.73 Å². The number of halogens is 1. The van der Waals surface area contributed by atoms with E-state index < -0.39 is 0 Å². The molecule has 2 fully saturated rings. The quantitative estimate of drug-likeness (QED) is 0.825. The normalized spacial score (nSPS) is 21.8. The van der Waals surface area contributed by atoms with Gasteiger partial charge >= 0.3 is 0 Å². The molecule has 1 heterocycles. The van der Waals surface area contributed by atoms with Gasteiger partial charge < -0.3 is 16.0 Å². The number of nitrogens with one attached hydrogen (secondary N) is 1. The minimum absolute atomic E-state index is 0. The van der Waals surface area contributed by atoms with Crippen LogP contribution in [0.15, 0.2) is 0 Å². The van der Waals surface area contributed by atoms with Gasteiger partial charge in [0.1, 0.15) is 0 Å². The Morgan fingerprint density at radius 1 is 1.14 bits per heavy atom. The first kappa shape index (κ1) is 19.2. The monoisotopic (exact) mass is 331 g/mol. The topological polar surface area (TPSA) is 75.4 Å². The Bertz CT molecular complexity index is 362. The zero-order chi connectivity index (χ0) is 15.2. The van der Waals surface area contributed by atoms with Crippen LogP contribution >= 0.6 is 12.4 Å². The van der Waals surface area contributed by atoms with E-state index in [0.29, 0.717) is 25.6 Å². The van der Waals surface area contributed by atoms with E-state index in [-0.39, 0.29) is 36.2 Å². The van der Waals surface area contributed by atoms with E-state index in [1.165, 1.54) is 19.3 Å². The minimum atomic E-state index is -0.0928. The largest absolute Gasteiger partial charge is 0.353 e. The molecular formula is C16H30ClN3O2. The van der Waals surface area contributed by atoms with Crippen LogP contribution < -0.4 is 11.1 Å². The van der Waals surface area contributed by atoms with Crippen LogP contribution in [-0.4, -0.2) is 41.9 Å². The molecule has 1 saturated carbocycles. The molecule has 0 radical (unpaired) electrons. The van der Waals surface area contributed by atoms with Gasteiger partial charge in [-0.05, 0) is 32.6 Å². The van der Waals surface area contributed by atoms with Crippen LogP contribution in [0.3, 0.4) is 0 Å². The number of carbonyl (C=O) groups excluding carboxylic acids is 2. The molecule has 1 atom stereocenters. The molecule has 1 aliphatic heterocycles. The first-order valence-electron chi connectivity index (χ1n) is 8.40. The molecule has 0 aromatic carbocycles. The number of hydrogen-bond donors (Lipinski definition) is 2. The average Bonchev–Trinajstić information content (AvgIpc) is 2.47. The number of amides is 2. The minimum Gasteiger partial charge on any atom is -0.353 e. The highest BCUT2D eigenvalue weighted by Crippen LogP contribution is 2.21. The second kappa shape index (κ2) is 9.36. The molecule has 1 aliphatic carbocycles. The Kier molecular flexibility index (Phi) is 8.18. The molecule has 2 aliphatic rings. The van der Waals surface area contributed by atoms with Crippen LogP contribution in [0.25, 0.3) is 0 Å². The van der Waals surface area contributed by atoms with Crippen molar-refractivity contribution in [3.8, 4) is 0 Å². The molecule has 5 nitrogen and oxygen atoms in total. The summed E-state index contributed by atoms with van der Waals surface area (Å²) >= 11 is 0. The van der Waals surface area contributed by atoms with Crippen molar-refractivity contribution in [3.05, 3.63) is 0 Å². The summed E-state index contributed by atoms with van der Waals surface area (Å²) in [6.07, 6.45) is 7.97. The fourth-order valence-corrected chi connectivity index (χ4v) is 3.36. The smallest absolute Gasteiger partial charge is 0.224 e. The summed E-state index contributed by atoms with van der Waals surface area (Å²) in [6, 6.07) is 0.286. The van der Waals surface area contributed by atoms with Crippen molar-refractivity contribution in [2.75, 3.05) is 13.1 Å². The molecule has 1 unspecified atom stereocenters. The van der Waals surface area contributed by atoms with Gasteiger partial charge in [-0.2, -0.15) is 0 Å². The van der Waals surface area contributed by atoms with Crippen molar-refractivity contribution in [3.63, 3.8) is 0 Å². The van der Waals surface area contributed by atoms with Crippen molar-refractivity contribution in [1.29, 1.82) is 0 Å². The third kappa shape index (κ3) is 5.76. The lowest BCUT2D eigenvalue weighted by atomic mass is 9.92. The Balaban J connectivity index is 0.00000242. The van der Waals surface area contributed by atoms with Crippen molar-refractivity contribution in [1.82, 2.24) is 10.2 Å². The highest BCUT2D eigenvalue weighted by molar-refractivity contribution is 5.85. The first-order valence-corrected chi connectivity index (χ1v) is 8.40. The highest BCUT2D eigenvalue weighted by atomic mass is 35.5. The number of piperidine rings is 1. The van der Waals surface area contributed by atoms with Crippen molar-refractivity contribution < 1.29 is 9.59 Å². The molecule has 128 valence electrons. The van der Waals surface area contributed by atoms with Crippen LogP contribution in [0.4, 0.5) is 0 Å². The van der Waals surface area contributed by atoms with E-state index in [9.17, 15) is 9.59 Å². The molecule has 0 aromatic heterocycles. The average molecular weight is 332 g/mol. The Morgan fingerprint density at radius 3 is 2.27 bits per heavy atom. The predicted molar refractivity (Wildman–Crippen MR) is 89.8 cm³/mol. The van der Waals surface area contributed by atoms with Gasteiger partial charge in [-0.1, -0.05) is 19.3 Å². The summed E-state index contributed by atoms with van der Waals surface area (Å²) in [5, 5.41) is 3.20. The maximum Gasteiger partial charge on any atom is 0.224 e. The lowest BCUT2D eigenvalue weighted by Crippen LogP contribution is -2.46. The maximum atomic E-state index is 12.3. The van der Waals surface area contributed by atoms with E-state index in [1.807, 2.05) is 11.8 Å². The van der Waals surface area contributed by atoms with Crippen LogP contribution in [-0.2, 0) is 9.59 Å². The summed E-state index contributed by atoms with van der Waals surface area (Å²) in [7, 11) is 0. The zero-order valence-electron chi connectivity index (χ0n) is 13.6. The third-order valence-corrected chi connectivity index (χ3v) is 4.67. The first-order chi connectivity index (χ1) is 10.1. The number of nitrogens with two attached hydrogens (primary N) is 1. The molecule has 2 rings (SSSR count). The van der Waals surface area contributed by atoms with Crippen LogP contribution in [0, 0.1) is 5.92 Å². The number of hydrogen-bond acceptors (Lipinski definition) is 3. The molecular weight excluding hydrogens is 302 g/mol. The van der Waals surface area contributed by atoms with Gasteiger partial charge in [-0.3, -0.25) is 9.59 Å². The lowest BCUT2D eigenvalue weighted by molar-refractivity contribution is -0.136. The van der Waals surface area contributed by atoms with Crippen molar-refractivity contribution >= 4 is 24.2 Å². The van der Waals surface area contributed by atoms with Crippen molar-refractivity contribution in [2.45, 2.75) is 70.4 Å². The van der Waals surface area contributed by atoms with Gasteiger partial charge in [-0.25, -0.2) is 0 Å². The molecule has 0 bridgehead atoms. The van der Waals surface area contributed by atoms with Crippen LogP contribution in [0.1, 0.15) is 58.3 Å². The van der Waals surface area contributed by atoms with Gasteiger partial charge in [0.25, 0.3) is 0 Å². The van der Waals surface area contributed by atoms with Gasteiger partial charge in [-0.15, -0.1) is 12.4 Å². The molecule has 3 N–H and O–H groups in total. The second-order valence-corrected chi connectivity index (χ2v) is 6.68. The van der Waals surface area contributed by atoms with E-state index >= 15 is 0 Å². The SMILES string of the molecule is CC(N)CC(=O)N1CCC(C(=O)NC2CCCCC2)CC1.Cl. The maximum absolute atomic E-state index is 12.3. The summed E-state index contributed by atoms with van der Waals surface area (Å²) in [5.41, 5.74) is 5.67. The Hall–Kier alpha value is -0.810. The number of likely N-dealkylation sites (tertiary alicyclic amines) is 1. The number of nitrogens with zero attached hydrogens (tertiary/aromatic N) is 1. The highest BCUT2D eigenvalue weighted by Gasteiger charge is 2.28. The van der Waals surface area contributed by atoms with E-state index in [1.54, 1.807) is 0 Å². The Morgan fingerprint density at radius 2 is 1.73 bits per heavy atom. The molecule has 2 amide bonds. The second-order valence-electron chi connectivity index (χ2n) is 6.68. The van der Waals surface area contributed by atoms with Crippen LogP contribution in [0.2, 0.25) is 0 Å². The van der Waals surface area contributed by atoms with Crippen molar-refractivity contribution in [2.24, 2.45) is 11.7 Å². The fourth-order valence-electron chi connectivity index (χ4n) is 3.36. The summed E-state index contributed by atoms with van der Waals surface area (Å²) in [5.74, 6) is 0.392. The van der Waals surface area contributed by atoms with Gasteiger partial charge in [0.05, 0.1) is 0 Å². The van der Waals surface area contributed by atoms with Gasteiger partial charge in [0.15, 0.2) is 0 Å². The number of rotatable bonds is 4. The molecule has 22 heavy (non-hydrogen) atoms. The summed E-state index contributed by atoms with van der Waals surface area (Å²) in [4.78, 5) is 26.1. The van der Waals surface area contributed by atoms with Gasteiger partial charge in [0.2, 0.25) is 11.8 Å². The molecule has 0 spiro atoms. The summed E-state index contributed by atoms with van der Waals surface area (Å²) < 4.78 is 0. The third-order valence-electron chi connectivity index (χ3n) is 4.67. The Labute approximate surface area is 139 Å². The molecule has 1 saturated heterocycles. The number of carbonyl (C=O) groups is 2. The standard InChI is InChI=1S/C16H29N3O2.ClH/c1-12(17)11-15(20)19-9-7-13(8-10-19)16(21)18-14-5-3-2-4-6-14;/h12-14H,2-11,17H2,1H3,(H,18,21);1H. The molecule has 0 aromatic rings. The van der Waals surface area contributed by atoms with Crippen LogP contribution in [0.5, 0.6) is 0 Å². The zero-order valence-corrected chi connectivity index (χ0v) is 14.4. The van der Waals surface area contributed by atoms with E-state index in [2.05, 4.69) is 5.32 Å².